The molecular weight excluding hydrogens is 745 g/mol. The lowest BCUT2D eigenvalue weighted by Gasteiger charge is -2.64. The van der Waals surface area contributed by atoms with E-state index in [0.29, 0.717) is 98.7 Å². The van der Waals surface area contributed by atoms with E-state index in [1.54, 1.807) is 48.3 Å². The van der Waals surface area contributed by atoms with Crippen LogP contribution >= 0.6 is 0 Å². The third kappa shape index (κ3) is 3.96. The number of amides is 2. The van der Waals surface area contributed by atoms with Gasteiger partial charge in [-0.25, -0.2) is 9.59 Å². The fourth-order valence-corrected chi connectivity index (χ4v) is 13.8. The van der Waals surface area contributed by atoms with Crippen LogP contribution in [-0.2, 0) is 39.7 Å². The topological polar surface area (TPSA) is 137 Å². The second-order valence-electron chi connectivity index (χ2n) is 17.6. The average Bonchev–Trinajstić information content (AvgIpc) is 3.92. The Balaban J connectivity index is 1.24. The maximum atomic E-state index is 16.3. The molecule has 5 saturated heterocycles. The van der Waals surface area contributed by atoms with Gasteiger partial charge in [0.2, 0.25) is 0 Å². The number of hydrogen-bond donors (Lipinski definition) is 0. The molecule has 9 heterocycles. The van der Waals surface area contributed by atoms with Crippen LogP contribution < -0.4 is 19.3 Å². The van der Waals surface area contributed by atoms with Gasteiger partial charge in [0.1, 0.15) is 22.6 Å². The molecule has 13 rings (SSSR count). The largest absolute Gasteiger partial charge is 0.497 e. The summed E-state index contributed by atoms with van der Waals surface area (Å²) >= 11 is 0. The molecule has 0 radical (unpaired) electrons. The average molecular weight is 793 g/mol. The Kier molecular flexibility index (Phi) is 7.32. The van der Waals surface area contributed by atoms with E-state index in [0.717, 1.165) is 0 Å². The van der Waals surface area contributed by atoms with E-state index in [9.17, 15) is 9.59 Å². The number of fused-ring (bicyclic) bond motifs is 6. The highest BCUT2D eigenvalue weighted by Gasteiger charge is 2.80. The summed E-state index contributed by atoms with van der Waals surface area (Å²) in [4.78, 5) is 69.6. The molecule has 8 unspecified atom stereocenters. The SMILES string of the molecule is COC(=O)N1c2ccc(OC)cc2C23CCN4CC=CC45CCC12C(C5)C(=O)OC12CCN4CC=CC45CCC1(C(C5)C(=O)O3)N(C(=O)OC)c1ccc(OC)cc12. The summed E-state index contributed by atoms with van der Waals surface area (Å²) in [5, 5.41) is 0. The van der Waals surface area contributed by atoms with Crippen LogP contribution in [0.15, 0.2) is 60.7 Å². The third-order valence-corrected chi connectivity index (χ3v) is 16.2. The van der Waals surface area contributed by atoms with Crippen LogP contribution in [0.25, 0.3) is 0 Å². The fourth-order valence-electron chi connectivity index (χ4n) is 13.8. The first-order chi connectivity index (χ1) is 28.0. The minimum Gasteiger partial charge on any atom is -0.497 e. The highest BCUT2D eigenvalue weighted by atomic mass is 16.6. The molecule has 58 heavy (non-hydrogen) atoms. The molecule has 2 amide bonds. The van der Waals surface area contributed by atoms with E-state index in [-0.39, 0.29) is 12.8 Å². The molecule has 14 nitrogen and oxygen atoms in total. The highest BCUT2D eigenvalue weighted by molar-refractivity contribution is 5.99. The normalized spacial score (nSPS) is 38.8. The molecule has 0 N–H and O–H groups in total. The number of methoxy groups -OCH3 is 4. The second kappa shape index (κ2) is 11.8. The lowest BCUT2D eigenvalue weighted by Crippen LogP contribution is -2.77. The Hall–Kier alpha value is -5.08. The molecule has 2 aromatic rings. The van der Waals surface area contributed by atoms with Gasteiger partial charge in [0.05, 0.1) is 51.6 Å². The lowest BCUT2D eigenvalue weighted by atomic mass is 9.54. The van der Waals surface area contributed by atoms with Gasteiger partial charge in [0.15, 0.2) is 11.2 Å². The molecule has 2 aliphatic carbocycles. The number of esters is 2. The van der Waals surface area contributed by atoms with Gasteiger partial charge in [-0.15, -0.1) is 0 Å². The maximum Gasteiger partial charge on any atom is 0.414 e. The quantitative estimate of drug-likeness (QED) is 0.226. The van der Waals surface area contributed by atoms with Crippen molar-refractivity contribution in [3.8, 4) is 11.5 Å². The Morgan fingerprint density at radius 2 is 1.05 bits per heavy atom. The van der Waals surface area contributed by atoms with Gasteiger partial charge in [0, 0.05) is 61.2 Å². The molecule has 0 aromatic heterocycles. The second-order valence-corrected chi connectivity index (χ2v) is 17.6. The summed E-state index contributed by atoms with van der Waals surface area (Å²) in [7, 11) is 5.81. The predicted molar refractivity (Wildman–Crippen MR) is 208 cm³/mol. The van der Waals surface area contributed by atoms with Crippen LogP contribution in [0.1, 0.15) is 62.5 Å². The van der Waals surface area contributed by atoms with E-state index in [2.05, 4.69) is 34.1 Å². The van der Waals surface area contributed by atoms with Crippen LogP contribution in [0.4, 0.5) is 21.0 Å². The van der Waals surface area contributed by atoms with Crippen molar-refractivity contribution in [1.82, 2.24) is 9.80 Å². The van der Waals surface area contributed by atoms with Crippen molar-refractivity contribution >= 4 is 35.5 Å². The molecule has 304 valence electrons. The van der Waals surface area contributed by atoms with Gasteiger partial charge < -0.3 is 28.4 Å². The van der Waals surface area contributed by atoms with Gasteiger partial charge in [-0.05, 0) is 74.9 Å². The fraction of sp³-hybridized carbons (Fsp3) is 0.545. The van der Waals surface area contributed by atoms with Gasteiger partial charge in [-0.3, -0.25) is 29.2 Å². The Morgan fingerprint density at radius 1 is 0.621 bits per heavy atom. The minimum atomic E-state index is -1.55. The van der Waals surface area contributed by atoms with Gasteiger partial charge in [-0.2, -0.15) is 0 Å². The number of benzene rings is 2. The number of nitrogens with zero attached hydrogens (tertiary/aromatic N) is 4. The number of carbonyl (C=O) groups excluding carboxylic acids is 4. The molecule has 11 aliphatic rings. The lowest BCUT2D eigenvalue weighted by molar-refractivity contribution is -0.229. The van der Waals surface area contributed by atoms with Gasteiger partial charge in [-0.1, -0.05) is 24.3 Å². The smallest absolute Gasteiger partial charge is 0.414 e. The van der Waals surface area contributed by atoms with Crippen molar-refractivity contribution in [2.24, 2.45) is 11.8 Å². The zero-order valence-electron chi connectivity index (χ0n) is 33.3. The van der Waals surface area contributed by atoms with Gasteiger partial charge in [0.25, 0.3) is 0 Å². The molecule has 14 heteroatoms. The maximum absolute atomic E-state index is 16.3. The number of ether oxygens (including phenoxy) is 6. The summed E-state index contributed by atoms with van der Waals surface area (Å²) in [6.07, 6.45) is 10.4. The first-order valence-electron chi connectivity index (χ1n) is 20.5. The summed E-state index contributed by atoms with van der Waals surface area (Å²) in [6, 6.07) is 10.9. The van der Waals surface area contributed by atoms with Crippen molar-refractivity contribution < 1.29 is 47.6 Å². The molecular formula is C44H48N4O10. The van der Waals surface area contributed by atoms with E-state index in [4.69, 9.17) is 28.4 Å². The first kappa shape index (κ1) is 36.0. The molecule has 8 bridgehead atoms. The van der Waals surface area contributed by atoms with Gasteiger partial charge >= 0.3 is 24.1 Å². The summed E-state index contributed by atoms with van der Waals surface area (Å²) in [6.45, 7) is 2.39. The molecule has 9 aliphatic heterocycles. The molecule has 8 atom stereocenters. The number of carbonyl (C=O) groups is 4. The standard InChI is InChI=1S/C44H48N4O10/c1-53-27-7-9-33-29(23-27)43-17-21-45-19-5-11-39(45)13-15-41(43,47(33)37(51)55-3)31(25-39)36(50)58-44-18-22-46-20-6-12-40(46)14-16-42(44,32(26-40)35(49)57-43)48(38(52)56-4)34-10-8-28(54-2)24-30(34)44/h5-12,23-24,31-32H,13-22,25-26H2,1-4H3. The van der Waals surface area contributed by atoms with Crippen molar-refractivity contribution in [1.29, 1.82) is 0 Å². The Labute approximate surface area is 336 Å². The van der Waals surface area contributed by atoms with E-state index >= 15 is 9.59 Å². The molecule has 4 spiro atoms. The van der Waals surface area contributed by atoms with Crippen LogP contribution in [0.3, 0.4) is 0 Å². The Bertz CT molecular complexity index is 2110. The third-order valence-electron chi connectivity index (χ3n) is 16.2. The zero-order valence-corrected chi connectivity index (χ0v) is 33.3. The van der Waals surface area contributed by atoms with E-state index < -0.39 is 69.3 Å². The highest BCUT2D eigenvalue weighted by Crippen LogP contribution is 2.70. The predicted octanol–water partition coefficient (Wildman–Crippen LogP) is 5.17. The van der Waals surface area contributed by atoms with E-state index in [1.165, 1.54) is 14.2 Å². The van der Waals surface area contributed by atoms with Crippen LogP contribution in [0, 0.1) is 11.8 Å². The number of hydrogen-bond acceptors (Lipinski definition) is 12. The summed E-state index contributed by atoms with van der Waals surface area (Å²) in [5.74, 6) is -2.03. The molecule has 2 aromatic carbocycles. The minimum absolute atomic E-state index is 0.278. The Morgan fingerprint density at radius 3 is 1.45 bits per heavy atom. The zero-order chi connectivity index (χ0) is 40.0. The van der Waals surface area contributed by atoms with Crippen molar-refractivity contribution in [2.45, 2.75) is 84.7 Å². The van der Waals surface area contributed by atoms with E-state index in [1.807, 2.05) is 12.1 Å². The first-order valence-corrected chi connectivity index (χ1v) is 20.5. The monoisotopic (exact) mass is 792 g/mol. The number of anilines is 2. The van der Waals surface area contributed by atoms with Crippen LogP contribution in [-0.4, -0.2) is 111 Å². The summed E-state index contributed by atoms with van der Waals surface area (Å²) < 4.78 is 37.7. The van der Waals surface area contributed by atoms with Crippen molar-refractivity contribution in [3.05, 3.63) is 71.8 Å². The molecule has 7 fully saturated rings. The van der Waals surface area contributed by atoms with Crippen molar-refractivity contribution in [2.75, 3.05) is 64.4 Å². The van der Waals surface area contributed by atoms with Crippen LogP contribution in [0.5, 0.6) is 11.5 Å². The number of rotatable bonds is 2. The molecule has 2 saturated carbocycles. The van der Waals surface area contributed by atoms with Crippen molar-refractivity contribution in [3.63, 3.8) is 0 Å². The van der Waals surface area contributed by atoms with Crippen LogP contribution in [0.2, 0.25) is 0 Å². The summed E-state index contributed by atoms with van der Waals surface area (Å²) in [5.41, 5.74) is -4.82.